The molecule has 1 heterocycles. The van der Waals surface area contributed by atoms with Crippen LogP contribution in [0.15, 0.2) is 0 Å². The molecule has 0 saturated carbocycles. The second kappa shape index (κ2) is 7.74. The van der Waals surface area contributed by atoms with Crippen LogP contribution < -0.4 is 11.1 Å². The lowest BCUT2D eigenvalue weighted by molar-refractivity contribution is -0.126. The van der Waals surface area contributed by atoms with Crippen molar-refractivity contribution in [2.24, 2.45) is 17.6 Å². The van der Waals surface area contributed by atoms with Crippen molar-refractivity contribution in [1.82, 2.24) is 10.2 Å². The third kappa shape index (κ3) is 4.25. The highest BCUT2D eigenvalue weighted by Gasteiger charge is 2.30. The number of unbranched alkanes of at least 4 members (excludes halogenated alkanes) is 1. The molecule has 0 spiro atoms. The topological polar surface area (TPSA) is 58.4 Å². The molecule has 1 rings (SSSR count). The average Bonchev–Trinajstić information content (AvgIpc) is 2.38. The molecule has 1 aliphatic rings. The molecule has 0 aromatic heterocycles. The summed E-state index contributed by atoms with van der Waals surface area (Å²) in [5.41, 5.74) is 5.80. The molecular formula is C14H29N3O. The Balaban J connectivity index is 2.41. The maximum atomic E-state index is 12.0. The number of carbonyl (C=O) groups excluding carboxylic acids is 1. The summed E-state index contributed by atoms with van der Waals surface area (Å²) in [6, 6.07) is -0.0246. The SMILES string of the molecule is CCCCNC(=O)C(C)N1CCC(C)C(CN)C1. The van der Waals surface area contributed by atoms with Crippen molar-refractivity contribution in [3.05, 3.63) is 0 Å². The summed E-state index contributed by atoms with van der Waals surface area (Å²) in [5, 5.41) is 3.01. The van der Waals surface area contributed by atoms with Gasteiger partial charge in [0, 0.05) is 13.1 Å². The number of nitrogens with one attached hydrogen (secondary N) is 1. The first-order chi connectivity index (χ1) is 8.60. The highest BCUT2D eigenvalue weighted by atomic mass is 16.2. The van der Waals surface area contributed by atoms with Crippen LogP contribution in [0.5, 0.6) is 0 Å². The van der Waals surface area contributed by atoms with Gasteiger partial charge in [-0.25, -0.2) is 0 Å². The van der Waals surface area contributed by atoms with Gasteiger partial charge < -0.3 is 11.1 Å². The Morgan fingerprint density at radius 2 is 2.28 bits per heavy atom. The number of likely N-dealkylation sites (tertiary alicyclic amines) is 1. The quantitative estimate of drug-likeness (QED) is 0.701. The third-order valence-corrected chi connectivity index (χ3v) is 4.20. The normalized spacial score (nSPS) is 26.9. The largest absolute Gasteiger partial charge is 0.355 e. The van der Waals surface area contributed by atoms with Gasteiger partial charge in [-0.1, -0.05) is 20.3 Å². The van der Waals surface area contributed by atoms with E-state index < -0.39 is 0 Å². The van der Waals surface area contributed by atoms with Gasteiger partial charge in [0.05, 0.1) is 6.04 Å². The fraction of sp³-hybridized carbons (Fsp3) is 0.929. The van der Waals surface area contributed by atoms with Crippen molar-refractivity contribution in [2.75, 3.05) is 26.2 Å². The van der Waals surface area contributed by atoms with Crippen LogP contribution in [0.4, 0.5) is 0 Å². The van der Waals surface area contributed by atoms with Gasteiger partial charge in [-0.3, -0.25) is 9.69 Å². The Kier molecular flexibility index (Phi) is 6.65. The van der Waals surface area contributed by atoms with Crippen molar-refractivity contribution in [2.45, 2.75) is 46.1 Å². The maximum absolute atomic E-state index is 12.0. The first-order valence-corrected chi connectivity index (χ1v) is 7.32. The molecule has 3 unspecified atom stereocenters. The fourth-order valence-corrected chi connectivity index (χ4v) is 2.54. The van der Waals surface area contributed by atoms with Gasteiger partial charge in [0.15, 0.2) is 0 Å². The van der Waals surface area contributed by atoms with Gasteiger partial charge in [-0.2, -0.15) is 0 Å². The van der Waals surface area contributed by atoms with Crippen molar-refractivity contribution in [3.8, 4) is 0 Å². The van der Waals surface area contributed by atoms with Gasteiger partial charge in [0.1, 0.15) is 0 Å². The summed E-state index contributed by atoms with van der Waals surface area (Å²) in [6.07, 6.45) is 3.32. The molecule has 0 aliphatic carbocycles. The third-order valence-electron chi connectivity index (χ3n) is 4.20. The van der Waals surface area contributed by atoms with E-state index in [1.807, 2.05) is 6.92 Å². The molecule has 0 bridgehead atoms. The summed E-state index contributed by atoms with van der Waals surface area (Å²) >= 11 is 0. The molecule has 0 radical (unpaired) electrons. The summed E-state index contributed by atoms with van der Waals surface area (Å²) in [6.45, 7) is 9.89. The van der Waals surface area contributed by atoms with Gasteiger partial charge in [0.2, 0.25) is 5.91 Å². The molecule has 18 heavy (non-hydrogen) atoms. The van der Waals surface area contributed by atoms with Gasteiger partial charge in [0.25, 0.3) is 0 Å². The molecule has 1 amide bonds. The van der Waals surface area contributed by atoms with E-state index in [4.69, 9.17) is 5.73 Å². The lowest BCUT2D eigenvalue weighted by atomic mass is 9.86. The minimum atomic E-state index is -0.0246. The molecule has 4 heteroatoms. The van der Waals surface area contributed by atoms with Crippen LogP contribution in [0.1, 0.15) is 40.0 Å². The summed E-state index contributed by atoms with van der Waals surface area (Å²) in [5.74, 6) is 1.38. The number of nitrogens with two attached hydrogens (primary N) is 1. The molecule has 1 saturated heterocycles. The van der Waals surface area contributed by atoms with Crippen molar-refractivity contribution < 1.29 is 4.79 Å². The number of rotatable bonds is 6. The molecule has 1 aliphatic heterocycles. The van der Waals surface area contributed by atoms with Crippen LogP contribution in [0.2, 0.25) is 0 Å². The van der Waals surface area contributed by atoms with Gasteiger partial charge >= 0.3 is 0 Å². The molecule has 0 aromatic rings. The van der Waals surface area contributed by atoms with E-state index in [0.29, 0.717) is 11.8 Å². The van der Waals surface area contributed by atoms with Crippen LogP contribution in [0.25, 0.3) is 0 Å². The molecule has 1 fully saturated rings. The predicted molar refractivity (Wildman–Crippen MR) is 75.3 cm³/mol. The number of hydrogen-bond donors (Lipinski definition) is 2. The van der Waals surface area contributed by atoms with Crippen LogP contribution in [-0.4, -0.2) is 43.0 Å². The van der Waals surface area contributed by atoms with E-state index in [2.05, 4.69) is 24.1 Å². The smallest absolute Gasteiger partial charge is 0.237 e. The Morgan fingerprint density at radius 1 is 1.56 bits per heavy atom. The number of hydrogen-bond acceptors (Lipinski definition) is 3. The van der Waals surface area contributed by atoms with E-state index in [1.165, 1.54) is 0 Å². The summed E-state index contributed by atoms with van der Waals surface area (Å²) in [4.78, 5) is 14.3. The minimum Gasteiger partial charge on any atom is -0.355 e. The van der Waals surface area contributed by atoms with E-state index >= 15 is 0 Å². The standard InChI is InChI=1S/C14H29N3O/c1-4-5-7-16-14(18)12(3)17-8-6-11(2)13(9-15)10-17/h11-13H,4-10,15H2,1-3H3,(H,16,18). The molecule has 4 nitrogen and oxygen atoms in total. The van der Waals surface area contributed by atoms with Gasteiger partial charge in [-0.15, -0.1) is 0 Å². The predicted octanol–water partition coefficient (Wildman–Crippen LogP) is 1.21. The Labute approximate surface area is 111 Å². The summed E-state index contributed by atoms with van der Waals surface area (Å²) < 4.78 is 0. The lowest BCUT2D eigenvalue weighted by Gasteiger charge is -2.39. The van der Waals surface area contributed by atoms with Crippen LogP contribution in [-0.2, 0) is 4.79 Å². The highest BCUT2D eigenvalue weighted by Crippen LogP contribution is 2.23. The zero-order valence-corrected chi connectivity index (χ0v) is 12.1. The Morgan fingerprint density at radius 3 is 2.89 bits per heavy atom. The summed E-state index contributed by atoms with van der Waals surface area (Å²) in [7, 11) is 0. The van der Waals surface area contributed by atoms with E-state index in [0.717, 1.165) is 45.4 Å². The molecular weight excluding hydrogens is 226 g/mol. The van der Waals surface area contributed by atoms with Crippen LogP contribution in [0.3, 0.4) is 0 Å². The fourth-order valence-electron chi connectivity index (χ4n) is 2.54. The van der Waals surface area contributed by atoms with E-state index in [1.54, 1.807) is 0 Å². The molecule has 3 N–H and O–H groups in total. The number of nitrogens with zero attached hydrogens (tertiary/aromatic N) is 1. The van der Waals surface area contributed by atoms with E-state index in [9.17, 15) is 4.79 Å². The maximum Gasteiger partial charge on any atom is 0.237 e. The average molecular weight is 255 g/mol. The van der Waals surface area contributed by atoms with Crippen molar-refractivity contribution >= 4 is 5.91 Å². The van der Waals surface area contributed by atoms with Crippen molar-refractivity contribution in [1.29, 1.82) is 0 Å². The van der Waals surface area contributed by atoms with Crippen LogP contribution >= 0.6 is 0 Å². The second-order valence-corrected chi connectivity index (χ2v) is 5.58. The second-order valence-electron chi connectivity index (χ2n) is 5.58. The van der Waals surface area contributed by atoms with Crippen LogP contribution in [0, 0.1) is 11.8 Å². The zero-order valence-electron chi connectivity index (χ0n) is 12.1. The lowest BCUT2D eigenvalue weighted by Crippen LogP contribution is -2.51. The monoisotopic (exact) mass is 255 g/mol. The number of piperidine rings is 1. The molecule has 106 valence electrons. The zero-order chi connectivity index (χ0) is 13.5. The van der Waals surface area contributed by atoms with Gasteiger partial charge in [-0.05, 0) is 44.7 Å². The Bertz CT molecular complexity index is 257. The van der Waals surface area contributed by atoms with Crippen molar-refractivity contribution in [3.63, 3.8) is 0 Å². The van der Waals surface area contributed by atoms with E-state index in [-0.39, 0.29) is 11.9 Å². The number of amides is 1. The number of carbonyl (C=O) groups is 1. The molecule has 0 aromatic carbocycles. The first-order valence-electron chi connectivity index (χ1n) is 7.32. The molecule has 3 atom stereocenters. The Hall–Kier alpha value is -0.610. The highest BCUT2D eigenvalue weighted by molar-refractivity contribution is 5.81. The minimum absolute atomic E-state index is 0.0246. The first kappa shape index (κ1) is 15.4.